The lowest BCUT2D eigenvalue weighted by atomic mass is 10.9. The monoisotopic (exact) mass is 176 g/mol. The summed E-state index contributed by atoms with van der Waals surface area (Å²) >= 11 is 3.15. The molecule has 0 aromatic carbocycles. The van der Waals surface area contributed by atoms with E-state index in [2.05, 4.69) is 21.1 Å². The van der Waals surface area contributed by atoms with Gasteiger partial charge in [0.15, 0.2) is 0 Å². The maximum Gasteiger partial charge on any atom is 0.232 e. The van der Waals surface area contributed by atoms with Crippen LogP contribution in [-0.4, -0.2) is 15.7 Å². The molecule has 8 heavy (non-hydrogen) atoms. The van der Waals surface area contributed by atoms with Crippen molar-refractivity contribution < 1.29 is 4.74 Å². The van der Waals surface area contributed by atoms with Crippen LogP contribution in [0.15, 0.2) is 12.5 Å². The third-order valence-electron chi connectivity index (χ3n) is 0.738. The molecule has 1 rings (SSSR count). The Labute approximate surface area is 55.6 Å². The molecular weight excluding hydrogens is 172 g/mol. The zero-order valence-corrected chi connectivity index (χ0v) is 5.92. The van der Waals surface area contributed by atoms with Crippen LogP contribution in [0.25, 0.3) is 0 Å². The second kappa shape index (κ2) is 2.17. The van der Waals surface area contributed by atoms with E-state index < -0.39 is 0 Å². The Morgan fingerprint density at radius 1 is 1.88 bits per heavy atom. The summed E-state index contributed by atoms with van der Waals surface area (Å²) in [5, 5.41) is 0. The number of hydrogen-bond acceptors (Lipinski definition) is 2. The fraction of sp³-hybridized carbons (Fsp3) is 0.250. The van der Waals surface area contributed by atoms with Gasteiger partial charge >= 0.3 is 0 Å². The van der Waals surface area contributed by atoms with Crippen molar-refractivity contribution >= 4 is 16.1 Å². The zero-order valence-electron chi connectivity index (χ0n) is 4.34. The molecule has 0 saturated heterocycles. The van der Waals surface area contributed by atoms with Gasteiger partial charge in [-0.3, -0.25) is 3.59 Å². The maximum atomic E-state index is 4.77. The Morgan fingerprint density at radius 2 is 2.62 bits per heavy atom. The summed E-state index contributed by atoms with van der Waals surface area (Å²) in [5.74, 6) is 0.613. The molecule has 0 fully saturated rings. The smallest absolute Gasteiger partial charge is 0.232 e. The van der Waals surface area contributed by atoms with Crippen molar-refractivity contribution in [2.45, 2.75) is 0 Å². The molecular formula is C4H5BrN2O. The predicted molar refractivity (Wildman–Crippen MR) is 33.1 cm³/mol. The van der Waals surface area contributed by atoms with Gasteiger partial charge in [-0.1, -0.05) is 0 Å². The van der Waals surface area contributed by atoms with Gasteiger partial charge < -0.3 is 4.74 Å². The summed E-state index contributed by atoms with van der Waals surface area (Å²) in [6.45, 7) is 0. The minimum absolute atomic E-state index is 0.613. The highest BCUT2D eigenvalue weighted by molar-refractivity contribution is 9.08. The molecule has 0 saturated carbocycles. The minimum Gasteiger partial charge on any atom is -0.480 e. The first kappa shape index (κ1) is 5.62. The molecule has 0 radical (unpaired) electrons. The van der Waals surface area contributed by atoms with Gasteiger partial charge in [0, 0.05) is 0 Å². The number of methoxy groups -OCH3 is 1. The molecule has 0 N–H and O–H groups in total. The first-order valence-electron chi connectivity index (χ1n) is 2.07. The van der Waals surface area contributed by atoms with Crippen molar-refractivity contribution in [2.75, 3.05) is 7.11 Å². The van der Waals surface area contributed by atoms with Gasteiger partial charge in [0.05, 0.1) is 29.5 Å². The molecule has 1 aromatic rings. The molecule has 4 heteroatoms. The quantitative estimate of drug-likeness (QED) is 0.640. The molecule has 3 nitrogen and oxygen atoms in total. The number of imidazole rings is 1. The number of aromatic nitrogens is 2. The van der Waals surface area contributed by atoms with Crippen molar-refractivity contribution in [2.24, 2.45) is 0 Å². The normalized spacial score (nSPS) is 9.25. The Morgan fingerprint density at radius 3 is 2.88 bits per heavy atom. The highest BCUT2D eigenvalue weighted by atomic mass is 79.9. The first-order chi connectivity index (χ1) is 3.83. The summed E-state index contributed by atoms with van der Waals surface area (Å²) in [4.78, 5) is 3.83. The second-order valence-corrected chi connectivity index (χ2v) is 2.08. The molecule has 1 heterocycles. The molecule has 0 spiro atoms. The molecule has 0 aliphatic rings. The molecule has 0 atom stereocenters. The lowest BCUT2D eigenvalue weighted by molar-refractivity contribution is 0.400. The van der Waals surface area contributed by atoms with Gasteiger partial charge in [0.25, 0.3) is 0 Å². The van der Waals surface area contributed by atoms with Gasteiger partial charge in [-0.2, -0.15) is 0 Å². The lowest BCUT2D eigenvalue weighted by Crippen LogP contribution is -1.79. The fourth-order valence-corrected chi connectivity index (χ4v) is 0.656. The van der Waals surface area contributed by atoms with Crippen LogP contribution in [0.3, 0.4) is 0 Å². The fourth-order valence-electron chi connectivity index (χ4n) is 0.390. The van der Waals surface area contributed by atoms with E-state index in [1.54, 1.807) is 23.2 Å². The molecule has 0 bridgehead atoms. The Balaban J connectivity index is 2.84. The van der Waals surface area contributed by atoms with E-state index in [0.29, 0.717) is 5.88 Å². The average Bonchev–Trinajstić information content (AvgIpc) is 2.14. The number of nitrogens with zero attached hydrogens (tertiary/aromatic N) is 2. The number of rotatable bonds is 1. The SMILES string of the molecule is COc1cn(Br)cn1. The van der Waals surface area contributed by atoms with Crippen molar-refractivity contribution in [3.63, 3.8) is 0 Å². The maximum absolute atomic E-state index is 4.77. The molecule has 0 amide bonds. The minimum atomic E-state index is 0.613. The first-order valence-corrected chi connectivity index (χ1v) is 2.78. The topological polar surface area (TPSA) is 27.1 Å². The van der Waals surface area contributed by atoms with Crippen molar-refractivity contribution in [3.8, 4) is 5.88 Å². The van der Waals surface area contributed by atoms with E-state index in [1.165, 1.54) is 0 Å². The lowest BCUT2D eigenvalue weighted by Gasteiger charge is -1.85. The van der Waals surface area contributed by atoms with Crippen LogP contribution in [0.4, 0.5) is 0 Å². The van der Waals surface area contributed by atoms with Crippen LogP contribution < -0.4 is 4.74 Å². The van der Waals surface area contributed by atoms with Gasteiger partial charge in [-0.15, -0.1) is 0 Å². The van der Waals surface area contributed by atoms with Crippen LogP contribution in [0, 0.1) is 0 Å². The Hall–Kier alpha value is -0.510. The van der Waals surface area contributed by atoms with E-state index in [9.17, 15) is 0 Å². The Kier molecular flexibility index (Phi) is 1.53. The predicted octanol–water partition coefficient (Wildman–Crippen LogP) is 1.05. The van der Waals surface area contributed by atoms with Crippen LogP contribution in [-0.2, 0) is 0 Å². The summed E-state index contributed by atoms with van der Waals surface area (Å²) < 4.78 is 6.42. The Bertz CT molecular complexity index is 174. The van der Waals surface area contributed by atoms with Crippen molar-refractivity contribution in [3.05, 3.63) is 12.5 Å². The average molecular weight is 177 g/mol. The zero-order chi connectivity index (χ0) is 5.98. The van der Waals surface area contributed by atoms with Crippen LogP contribution in [0.1, 0.15) is 0 Å². The molecule has 0 aliphatic carbocycles. The number of ether oxygens (including phenoxy) is 1. The molecule has 0 unspecified atom stereocenters. The number of halogens is 1. The van der Waals surface area contributed by atoms with E-state index in [0.717, 1.165) is 0 Å². The van der Waals surface area contributed by atoms with Crippen molar-refractivity contribution in [1.82, 2.24) is 8.58 Å². The summed E-state index contributed by atoms with van der Waals surface area (Å²) in [5.41, 5.74) is 0. The van der Waals surface area contributed by atoms with Gasteiger partial charge in [0.2, 0.25) is 5.88 Å². The van der Waals surface area contributed by atoms with E-state index in [1.807, 2.05) is 0 Å². The third-order valence-corrected chi connectivity index (χ3v) is 1.13. The molecule has 44 valence electrons. The highest BCUT2D eigenvalue weighted by Crippen LogP contribution is 2.05. The van der Waals surface area contributed by atoms with Crippen LogP contribution in [0.2, 0.25) is 0 Å². The summed E-state index contributed by atoms with van der Waals surface area (Å²) in [6, 6.07) is 0. The van der Waals surface area contributed by atoms with Gasteiger partial charge in [-0.05, 0) is 0 Å². The number of hydrogen-bond donors (Lipinski definition) is 0. The highest BCUT2D eigenvalue weighted by Gasteiger charge is 1.90. The molecule has 0 aliphatic heterocycles. The van der Waals surface area contributed by atoms with E-state index in [4.69, 9.17) is 4.74 Å². The van der Waals surface area contributed by atoms with Gasteiger partial charge in [-0.25, -0.2) is 4.98 Å². The third kappa shape index (κ3) is 1.01. The second-order valence-electron chi connectivity index (χ2n) is 1.26. The molecule has 1 aromatic heterocycles. The largest absolute Gasteiger partial charge is 0.480 e. The summed E-state index contributed by atoms with van der Waals surface area (Å²) in [7, 11) is 1.58. The van der Waals surface area contributed by atoms with Crippen molar-refractivity contribution in [1.29, 1.82) is 0 Å². The van der Waals surface area contributed by atoms with Crippen LogP contribution >= 0.6 is 16.1 Å². The summed E-state index contributed by atoms with van der Waals surface area (Å²) in [6.07, 6.45) is 3.33. The van der Waals surface area contributed by atoms with Crippen LogP contribution in [0.5, 0.6) is 5.88 Å². The van der Waals surface area contributed by atoms with E-state index >= 15 is 0 Å². The van der Waals surface area contributed by atoms with Gasteiger partial charge in [0.1, 0.15) is 6.33 Å². The standard InChI is InChI=1S/C4H5BrN2O/c1-8-4-2-7(5)3-6-4/h2-3H,1H3. The van der Waals surface area contributed by atoms with E-state index in [-0.39, 0.29) is 0 Å².